The molecular formula is C14H14N2O3S2. The Balaban J connectivity index is 2.17. The SMILES string of the molecule is Cc1ncsc1CNS(=O)(=O)c1cccc(C#CCO)c1. The molecule has 1 aromatic carbocycles. The van der Waals surface area contributed by atoms with Gasteiger partial charge in [0.2, 0.25) is 10.0 Å². The van der Waals surface area contributed by atoms with Gasteiger partial charge in [-0.2, -0.15) is 0 Å². The number of hydrogen-bond acceptors (Lipinski definition) is 5. The van der Waals surface area contributed by atoms with E-state index in [1.165, 1.54) is 23.5 Å². The van der Waals surface area contributed by atoms with E-state index in [0.29, 0.717) is 5.56 Å². The number of thiazole rings is 1. The Morgan fingerprint density at radius 2 is 2.24 bits per heavy atom. The third kappa shape index (κ3) is 4.12. The summed E-state index contributed by atoms with van der Waals surface area (Å²) in [6, 6.07) is 6.29. The molecule has 0 unspecified atom stereocenters. The van der Waals surface area contributed by atoms with E-state index in [0.717, 1.165) is 10.6 Å². The van der Waals surface area contributed by atoms with Crippen molar-refractivity contribution in [1.29, 1.82) is 0 Å². The molecule has 21 heavy (non-hydrogen) atoms. The molecule has 1 aromatic heterocycles. The molecule has 0 fully saturated rings. The van der Waals surface area contributed by atoms with Gasteiger partial charge in [0, 0.05) is 17.0 Å². The fraction of sp³-hybridized carbons (Fsp3) is 0.214. The van der Waals surface area contributed by atoms with Crippen LogP contribution in [0.25, 0.3) is 0 Å². The van der Waals surface area contributed by atoms with Crippen LogP contribution >= 0.6 is 11.3 Å². The summed E-state index contributed by atoms with van der Waals surface area (Å²) in [5.41, 5.74) is 3.05. The van der Waals surface area contributed by atoms with Gasteiger partial charge in [0.25, 0.3) is 0 Å². The molecular weight excluding hydrogens is 308 g/mol. The number of benzene rings is 1. The lowest BCUT2D eigenvalue weighted by molar-refractivity contribution is 0.350. The van der Waals surface area contributed by atoms with Gasteiger partial charge in [-0.1, -0.05) is 17.9 Å². The van der Waals surface area contributed by atoms with Gasteiger partial charge in [-0.25, -0.2) is 18.1 Å². The highest BCUT2D eigenvalue weighted by molar-refractivity contribution is 7.89. The summed E-state index contributed by atoms with van der Waals surface area (Å²) in [5, 5.41) is 8.66. The molecule has 0 spiro atoms. The molecule has 7 heteroatoms. The average molecular weight is 322 g/mol. The van der Waals surface area contributed by atoms with Gasteiger partial charge in [-0.15, -0.1) is 11.3 Å². The summed E-state index contributed by atoms with van der Waals surface area (Å²) >= 11 is 1.41. The standard InChI is InChI=1S/C14H14N2O3S2/c1-11-14(20-10-15-11)9-16-21(18,19)13-6-2-4-12(8-13)5-3-7-17/h2,4,6,8,10,16-17H,7,9H2,1H3. The Morgan fingerprint density at radius 3 is 2.90 bits per heavy atom. The minimum absolute atomic E-state index is 0.148. The van der Waals surface area contributed by atoms with E-state index in [2.05, 4.69) is 21.5 Å². The van der Waals surface area contributed by atoms with Gasteiger partial charge in [-0.3, -0.25) is 0 Å². The third-order valence-electron chi connectivity index (χ3n) is 2.72. The van der Waals surface area contributed by atoms with Crippen LogP contribution in [0.2, 0.25) is 0 Å². The lowest BCUT2D eigenvalue weighted by atomic mass is 10.2. The number of nitrogens with zero attached hydrogens (tertiary/aromatic N) is 1. The van der Waals surface area contributed by atoms with Crippen LogP contribution in [0.4, 0.5) is 0 Å². The van der Waals surface area contributed by atoms with Crippen molar-refractivity contribution in [3.05, 3.63) is 45.9 Å². The molecule has 1 heterocycles. The topological polar surface area (TPSA) is 79.3 Å². The highest BCUT2D eigenvalue weighted by atomic mass is 32.2. The van der Waals surface area contributed by atoms with Crippen molar-refractivity contribution in [2.75, 3.05) is 6.61 Å². The molecule has 0 saturated heterocycles. The van der Waals surface area contributed by atoms with Crippen LogP contribution in [0.3, 0.4) is 0 Å². The van der Waals surface area contributed by atoms with Crippen molar-refractivity contribution in [1.82, 2.24) is 9.71 Å². The summed E-state index contributed by atoms with van der Waals surface area (Å²) in [6.07, 6.45) is 0. The Morgan fingerprint density at radius 1 is 1.43 bits per heavy atom. The van der Waals surface area contributed by atoms with Crippen LogP contribution in [0.5, 0.6) is 0 Å². The molecule has 5 nitrogen and oxygen atoms in total. The van der Waals surface area contributed by atoms with Crippen LogP contribution < -0.4 is 4.72 Å². The van der Waals surface area contributed by atoms with E-state index in [9.17, 15) is 8.42 Å². The van der Waals surface area contributed by atoms with Crippen molar-refractivity contribution >= 4 is 21.4 Å². The molecule has 0 bridgehead atoms. The van der Waals surface area contributed by atoms with Crippen molar-refractivity contribution < 1.29 is 13.5 Å². The molecule has 2 aromatic rings. The summed E-state index contributed by atoms with van der Waals surface area (Å²) in [6.45, 7) is 1.79. The fourth-order valence-corrected chi connectivity index (χ4v) is 3.47. The minimum atomic E-state index is -3.60. The second-order valence-electron chi connectivity index (χ2n) is 4.17. The van der Waals surface area contributed by atoms with Crippen LogP contribution in [0.15, 0.2) is 34.7 Å². The van der Waals surface area contributed by atoms with Crippen molar-refractivity contribution in [2.45, 2.75) is 18.4 Å². The first-order valence-corrected chi connectivity index (χ1v) is 8.47. The van der Waals surface area contributed by atoms with Crippen LogP contribution in [0.1, 0.15) is 16.1 Å². The van der Waals surface area contributed by atoms with Gasteiger partial charge in [0.15, 0.2) is 0 Å². The molecule has 0 atom stereocenters. The van der Waals surface area contributed by atoms with Crippen molar-refractivity contribution in [3.8, 4) is 11.8 Å². The lowest BCUT2D eigenvalue weighted by Crippen LogP contribution is -2.23. The molecule has 0 aliphatic rings. The molecule has 2 rings (SSSR count). The van der Waals surface area contributed by atoms with Crippen LogP contribution in [-0.4, -0.2) is 25.1 Å². The maximum absolute atomic E-state index is 12.2. The lowest BCUT2D eigenvalue weighted by Gasteiger charge is -2.06. The molecule has 0 aliphatic carbocycles. The van der Waals surface area contributed by atoms with E-state index in [1.54, 1.807) is 17.6 Å². The largest absolute Gasteiger partial charge is 0.384 e. The Kier molecular flexibility index (Phi) is 5.09. The monoisotopic (exact) mass is 322 g/mol. The number of hydrogen-bond donors (Lipinski definition) is 2. The molecule has 0 saturated carbocycles. The zero-order chi connectivity index (χ0) is 15.3. The van der Waals surface area contributed by atoms with Crippen molar-refractivity contribution in [3.63, 3.8) is 0 Å². The number of aliphatic hydroxyl groups excluding tert-OH is 1. The van der Waals surface area contributed by atoms with Gasteiger partial charge < -0.3 is 5.11 Å². The smallest absolute Gasteiger partial charge is 0.240 e. The predicted octanol–water partition coefficient (Wildman–Crippen LogP) is 1.27. The highest BCUT2D eigenvalue weighted by Gasteiger charge is 2.15. The number of aryl methyl sites for hydroxylation is 1. The van der Waals surface area contributed by atoms with Gasteiger partial charge in [0.05, 0.1) is 16.1 Å². The molecule has 0 amide bonds. The maximum Gasteiger partial charge on any atom is 0.240 e. The number of aliphatic hydroxyl groups is 1. The fourth-order valence-electron chi connectivity index (χ4n) is 1.62. The summed E-state index contributed by atoms with van der Waals surface area (Å²) in [4.78, 5) is 5.11. The predicted molar refractivity (Wildman–Crippen MR) is 81.3 cm³/mol. The third-order valence-corrected chi connectivity index (χ3v) is 5.06. The average Bonchev–Trinajstić information content (AvgIpc) is 2.89. The maximum atomic E-state index is 12.2. The van der Waals surface area contributed by atoms with E-state index in [4.69, 9.17) is 5.11 Å². The first-order chi connectivity index (χ1) is 10.0. The van der Waals surface area contributed by atoms with Gasteiger partial charge in [-0.05, 0) is 25.1 Å². The van der Waals surface area contributed by atoms with E-state index < -0.39 is 10.0 Å². The number of sulfonamides is 1. The van der Waals surface area contributed by atoms with E-state index in [-0.39, 0.29) is 18.0 Å². The number of nitrogens with one attached hydrogen (secondary N) is 1. The minimum Gasteiger partial charge on any atom is -0.384 e. The first-order valence-electron chi connectivity index (χ1n) is 6.11. The quantitative estimate of drug-likeness (QED) is 0.831. The molecule has 0 radical (unpaired) electrons. The molecule has 110 valence electrons. The number of aromatic nitrogens is 1. The molecule has 0 aliphatic heterocycles. The Hall–Kier alpha value is -1.72. The van der Waals surface area contributed by atoms with Crippen LogP contribution in [0, 0.1) is 18.8 Å². The normalized spacial score (nSPS) is 11.0. The highest BCUT2D eigenvalue weighted by Crippen LogP contribution is 2.15. The zero-order valence-electron chi connectivity index (χ0n) is 11.3. The molecule has 2 N–H and O–H groups in total. The summed E-state index contributed by atoms with van der Waals surface area (Å²) < 4.78 is 27.0. The van der Waals surface area contributed by atoms with Gasteiger partial charge >= 0.3 is 0 Å². The summed E-state index contributed by atoms with van der Waals surface area (Å²) in [5.74, 6) is 5.17. The Labute approximate surface area is 127 Å². The van der Waals surface area contributed by atoms with E-state index >= 15 is 0 Å². The first kappa shape index (κ1) is 15.7. The van der Waals surface area contributed by atoms with E-state index in [1.807, 2.05) is 6.92 Å². The number of rotatable bonds is 4. The van der Waals surface area contributed by atoms with Crippen LogP contribution in [-0.2, 0) is 16.6 Å². The zero-order valence-corrected chi connectivity index (χ0v) is 13.0. The van der Waals surface area contributed by atoms with Gasteiger partial charge in [0.1, 0.15) is 6.61 Å². The van der Waals surface area contributed by atoms with Crippen molar-refractivity contribution in [2.24, 2.45) is 0 Å². The second-order valence-corrected chi connectivity index (χ2v) is 6.88. The summed E-state index contributed by atoms with van der Waals surface area (Å²) in [7, 11) is -3.60. The second kappa shape index (κ2) is 6.83. The Bertz CT molecular complexity index is 786.